The third kappa shape index (κ3) is 7.74. The second-order valence-electron chi connectivity index (χ2n) is 12.1. The molecule has 0 fully saturated rings. The molecule has 6 rings (SSSR count). The first-order valence-corrected chi connectivity index (χ1v) is 20.9. The van der Waals surface area contributed by atoms with Crippen molar-refractivity contribution in [2.24, 2.45) is 11.8 Å². The number of allylic oxidation sites excluding steroid dienone is 2. The van der Waals surface area contributed by atoms with E-state index < -0.39 is 31.2 Å². The van der Waals surface area contributed by atoms with Gasteiger partial charge < -0.3 is 24.8 Å². The van der Waals surface area contributed by atoms with Crippen molar-refractivity contribution in [3.63, 3.8) is 0 Å². The van der Waals surface area contributed by atoms with E-state index in [9.17, 15) is 0 Å². The van der Waals surface area contributed by atoms with E-state index in [1.807, 2.05) is 5.31 Å². The summed E-state index contributed by atoms with van der Waals surface area (Å²) in [5.74, 6) is 1.48. The van der Waals surface area contributed by atoms with Gasteiger partial charge in [0.05, 0.1) is 0 Å². The molecule has 2 aliphatic rings. The zero-order valence-electron chi connectivity index (χ0n) is 25.4. The predicted octanol–water partition coefficient (Wildman–Crippen LogP) is 4.20. The van der Waals surface area contributed by atoms with Gasteiger partial charge in [0.15, 0.2) is 0 Å². The van der Waals surface area contributed by atoms with E-state index in [0.29, 0.717) is 7.25 Å². The Morgan fingerprint density at radius 1 is 0.535 bits per heavy atom. The topological polar surface area (TPSA) is 0 Å². The first-order chi connectivity index (χ1) is 20.0. The summed E-state index contributed by atoms with van der Waals surface area (Å²) in [5, 5.41) is 6.46. The molecule has 0 aromatic heterocycles. The van der Waals surface area contributed by atoms with Crippen LogP contribution in [0.15, 0.2) is 120 Å². The fourth-order valence-corrected chi connectivity index (χ4v) is 19.5. The second-order valence-corrected chi connectivity index (χ2v) is 20.3. The molecule has 2 aliphatic carbocycles. The average molecular weight is 721 g/mol. The largest absolute Gasteiger partial charge is 1.00 e. The van der Waals surface area contributed by atoms with Gasteiger partial charge in [-0.05, 0) is 0 Å². The van der Waals surface area contributed by atoms with Crippen LogP contribution in [0.1, 0.15) is 57.2 Å². The average Bonchev–Trinajstić information content (AvgIpc) is 3.52. The van der Waals surface area contributed by atoms with E-state index in [2.05, 4.69) is 149 Å². The molecule has 0 nitrogen and oxygen atoms in total. The molecule has 2 atom stereocenters. The van der Waals surface area contributed by atoms with Crippen molar-refractivity contribution in [3.05, 3.63) is 142 Å². The standard InChI is InChI=1S/C21H16P.C17H24P.2ClH.Zr/c1-3-11-19(12-4-1)22(20-13-5-2-6-14-20)21-15-17-9-7-8-10-18(17)16-21;1-13(2)11-18(12-14(3)4)17-9-15-7-5-6-8-16(15)10-17;;;/h1-16H;5-10,13-14H,11-12H2,1-4H3;2*1H;/q;;;;+2/p-2. The molecule has 43 heavy (non-hydrogen) atoms. The maximum absolute atomic E-state index is 2.65. The summed E-state index contributed by atoms with van der Waals surface area (Å²) in [4.78, 5) is 0. The summed E-state index contributed by atoms with van der Waals surface area (Å²) in [7, 11) is -0.735. The van der Waals surface area contributed by atoms with Gasteiger partial charge in [-0.2, -0.15) is 0 Å². The van der Waals surface area contributed by atoms with Crippen molar-refractivity contribution in [2.75, 3.05) is 12.3 Å². The molecule has 0 saturated heterocycles. The summed E-state index contributed by atoms with van der Waals surface area (Å²) in [6.45, 7) is 9.70. The minimum atomic E-state index is -1.01. The van der Waals surface area contributed by atoms with E-state index in [1.165, 1.54) is 34.1 Å². The van der Waals surface area contributed by atoms with Crippen molar-refractivity contribution in [3.8, 4) is 0 Å². The maximum atomic E-state index is 2.65. The molecule has 0 spiro atoms. The van der Waals surface area contributed by atoms with Gasteiger partial charge in [-0.3, -0.25) is 0 Å². The molecule has 0 radical (unpaired) electrons. The van der Waals surface area contributed by atoms with Crippen LogP contribution >= 0.6 is 15.8 Å². The van der Waals surface area contributed by atoms with E-state index in [0.717, 1.165) is 11.8 Å². The van der Waals surface area contributed by atoms with Crippen LogP contribution in [0.4, 0.5) is 0 Å². The van der Waals surface area contributed by atoms with Gasteiger partial charge in [-0.1, -0.05) is 0 Å². The zero-order chi connectivity index (χ0) is 28.3. The maximum Gasteiger partial charge on any atom is -1.00 e. The first kappa shape index (κ1) is 34.6. The molecule has 0 N–H and O–H groups in total. The minimum absolute atomic E-state index is 0. The van der Waals surface area contributed by atoms with Crippen LogP contribution in [0.3, 0.4) is 0 Å². The molecule has 4 aromatic carbocycles. The number of hydrogen-bond donors (Lipinski definition) is 0. The van der Waals surface area contributed by atoms with Crippen LogP contribution < -0.4 is 35.4 Å². The fourth-order valence-electron chi connectivity index (χ4n) is 6.37. The van der Waals surface area contributed by atoms with Crippen molar-refractivity contribution in [1.29, 1.82) is 0 Å². The monoisotopic (exact) mass is 718 g/mol. The van der Waals surface area contributed by atoms with Crippen LogP contribution in [-0.4, -0.2) is 12.3 Å². The van der Waals surface area contributed by atoms with Gasteiger partial charge in [0, 0.05) is 0 Å². The van der Waals surface area contributed by atoms with Crippen LogP contribution in [0.5, 0.6) is 0 Å². The molecular weight excluding hydrogens is 680 g/mol. The van der Waals surface area contributed by atoms with E-state index >= 15 is 0 Å². The summed E-state index contributed by atoms with van der Waals surface area (Å²) >= 11 is -1.01. The van der Waals surface area contributed by atoms with Gasteiger partial charge in [-0.25, -0.2) is 0 Å². The molecule has 5 heteroatoms. The number of fused-ring (bicyclic) bond motifs is 2. The Balaban J connectivity index is 0.00000212. The van der Waals surface area contributed by atoms with Crippen LogP contribution in [0, 0.1) is 11.8 Å². The summed E-state index contributed by atoms with van der Waals surface area (Å²) < 4.78 is 1.23. The second kappa shape index (κ2) is 15.8. The SMILES string of the molecule is CC(C)CP(CC(C)C)C1=Cc2ccccc2[CH]1[Zr+2][CH]1C(P(c2ccccc2)c2ccccc2)=Cc2ccccc21.[Cl-].[Cl-]. The predicted molar refractivity (Wildman–Crippen MR) is 180 cm³/mol. The van der Waals surface area contributed by atoms with E-state index in [4.69, 9.17) is 0 Å². The smallest absolute Gasteiger partial charge is 1.00 e. The molecule has 2 unspecified atom stereocenters. The van der Waals surface area contributed by atoms with Crippen LogP contribution in [0.2, 0.25) is 0 Å². The third-order valence-electron chi connectivity index (χ3n) is 7.97. The van der Waals surface area contributed by atoms with E-state index in [-0.39, 0.29) is 32.7 Å². The Kier molecular flexibility index (Phi) is 12.7. The molecule has 0 heterocycles. The Morgan fingerprint density at radius 2 is 0.930 bits per heavy atom. The van der Waals surface area contributed by atoms with Gasteiger partial charge >= 0.3 is 263 Å². The first-order valence-electron chi connectivity index (χ1n) is 15.0. The number of rotatable bonds is 10. The van der Waals surface area contributed by atoms with Crippen molar-refractivity contribution < 1.29 is 48.0 Å². The van der Waals surface area contributed by atoms with Crippen molar-refractivity contribution >= 4 is 38.6 Å². The van der Waals surface area contributed by atoms with Gasteiger partial charge in [0.1, 0.15) is 0 Å². The van der Waals surface area contributed by atoms with Crippen LogP contribution in [0.25, 0.3) is 12.2 Å². The van der Waals surface area contributed by atoms with Gasteiger partial charge in [0.2, 0.25) is 0 Å². The molecule has 0 saturated carbocycles. The quantitative estimate of drug-likeness (QED) is 0.216. The molecular formula is C38H40Cl2P2Zr. The Hall–Kier alpha value is -1.32. The number of benzene rings is 4. The Bertz CT molecular complexity index is 1500. The van der Waals surface area contributed by atoms with Crippen molar-refractivity contribution in [2.45, 2.75) is 34.9 Å². The van der Waals surface area contributed by atoms with Crippen LogP contribution in [-0.2, 0) is 23.2 Å². The summed E-state index contributed by atoms with van der Waals surface area (Å²) in [6, 6.07) is 41.4. The normalized spacial score (nSPS) is 16.7. The number of hydrogen-bond acceptors (Lipinski definition) is 0. The molecule has 0 aliphatic heterocycles. The van der Waals surface area contributed by atoms with Gasteiger partial charge in [0.25, 0.3) is 0 Å². The summed E-state index contributed by atoms with van der Waals surface area (Å²) in [5.41, 5.74) is 6.17. The zero-order valence-corrected chi connectivity index (χ0v) is 31.2. The molecule has 4 aromatic rings. The molecule has 0 bridgehead atoms. The number of halogens is 2. The summed E-state index contributed by atoms with van der Waals surface area (Å²) in [6.07, 6.45) is 7.96. The molecule has 0 amide bonds. The van der Waals surface area contributed by atoms with E-state index in [1.54, 1.807) is 16.4 Å². The third-order valence-corrected chi connectivity index (χ3v) is 19.9. The Labute approximate surface area is 285 Å². The fraction of sp³-hybridized carbons (Fsp3) is 0.263. The molecule has 220 valence electrons. The van der Waals surface area contributed by atoms with Crippen molar-refractivity contribution in [1.82, 2.24) is 0 Å². The van der Waals surface area contributed by atoms with Gasteiger partial charge in [-0.15, -0.1) is 0 Å². The minimum Gasteiger partial charge on any atom is -1.00 e. The Morgan fingerprint density at radius 3 is 1.40 bits per heavy atom.